The van der Waals surface area contributed by atoms with Crippen molar-refractivity contribution in [3.05, 3.63) is 59.3 Å². The van der Waals surface area contributed by atoms with Crippen molar-refractivity contribution in [3.8, 4) is 5.88 Å². The van der Waals surface area contributed by atoms with Crippen LogP contribution < -0.4 is 4.74 Å². The molecule has 2 aromatic rings. The van der Waals surface area contributed by atoms with E-state index >= 15 is 0 Å². The van der Waals surface area contributed by atoms with Gasteiger partial charge < -0.3 is 19.0 Å². The lowest BCUT2D eigenvalue weighted by Crippen LogP contribution is -2.41. The van der Waals surface area contributed by atoms with Gasteiger partial charge in [0.15, 0.2) is 8.32 Å². The minimum Gasteiger partial charge on any atom is -0.481 e. The lowest BCUT2D eigenvalue weighted by Gasteiger charge is -2.37. The third kappa shape index (κ3) is 5.63. The Kier molecular flexibility index (Phi) is 8.27. The fraction of sp³-hybridized carbons (Fsp3) is 0.519. The van der Waals surface area contributed by atoms with Gasteiger partial charge in [-0.15, -0.1) is 0 Å². The van der Waals surface area contributed by atoms with Gasteiger partial charge in [-0.3, -0.25) is 4.79 Å². The molecule has 1 saturated heterocycles. The van der Waals surface area contributed by atoms with Crippen LogP contribution in [-0.4, -0.2) is 49.0 Å². The zero-order chi connectivity index (χ0) is 26.7. The maximum atomic E-state index is 13.5. The van der Waals surface area contributed by atoms with E-state index in [0.29, 0.717) is 17.0 Å². The second-order valence-corrected chi connectivity index (χ2v) is 15.5. The summed E-state index contributed by atoms with van der Waals surface area (Å²) >= 11 is 0. The van der Waals surface area contributed by atoms with E-state index in [-0.39, 0.29) is 31.1 Å². The molecule has 0 radical (unpaired) electrons. The molecule has 1 aromatic carbocycles. The van der Waals surface area contributed by atoms with Crippen LogP contribution in [0.25, 0.3) is 0 Å². The van der Waals surface area contributed by atoms with E-state index in [1.54, 1.807) is 19.2 Å². The van der Waals surface area contributed by atoms with Crippen LogP contribution in [0, 0.1) is 0 Å². The molecular weight excluding hydrogens is 476 g/mol. The van der Waals surface area contributed by atoms with Crippen molar-refractivity contribution in [3.63, 3.8) is 0 Å². The van der Waals surface area contributed by atoms with Gasteiger partial charge in [-0.05, 0) is 41.7 Å². The maximum absolute atomic E-state index is 13.5. The first-order chi connectivity index (χ1) is 16.8. The molecule has 2 heterocycles. The molecular formula is C27H38N2O6Si. The Balaban J connectivity index is 1.93. The lowest BCUT2D eigenvalue weighted by molar-refractivity contribution is -0.135. The lowest BCUT2D eigenvalue weighted by atomic mass is 9.85. The van der Waals surface area contributed by atoms with Gasteiger partial charge in [0.2, 0.25) is 11.8 Å². The summed E-state index contributed by atoms with van der Waals surface area (Å²) < 4.78 is 17.2. The molecule has 1 aliphatic rings. The third-order valence-corrected chi connectivity index (χ3v) is 11.9. The number of hydrogen-bond donors (Lipinski definition) is 1. The molecule has 0 spiro atoms. The monoisotopic (exact) mass is 514 g/mol. The topological polar surface area (TPSA) is 98.2 Å². The van der Waals surface area contributed by atoms with Gasteiger partial charge in [0, 0.05) is 11.8 Å². The van der Waals surface area contributed by atoms with E-state index < -0.39 is 32.0 Å². The van der Waals surface area contributed by atoms with Gasteiger partial charge in [-0.1, -0.05) is 58.0 Å². The Morgan fingerprint density at radius 3 is 2.47 bits per heavy atom. The number of benzene rings is 1. The van der Waals surface area contributed by atoms with Crippen molar-refractivity contribution in [2.45, 2.75) is 76.9 Å². The van der Waals surface area contributed by atoms with Crippen LogP contribution in [0.3, 0.4) is 0 Å². The number of amides is 2. The van der Waals surface area contributed by atoms with Crippen LogP contribution in [0.15, 0.2) is 42.6 Å². The third-order valence-electron chi connectivity index (χ3n) is 7.45. The second kappa shape index (κ2) is 10.7. The van der Waals surface area contributed by atoms with Gasteiger partial charge in [0.25, 0.3) is 0 Å². The van der Waals surface area contributed by atoms with Gasteiger partial charge in [-0.25, -0.2) is 14.7 Å². The summed E-state index contributed by atoms with van der Waals surface area (Å²) in [5, 5.41) is 11.8. The largest absolute Gasteiger partial charge is 0.481 e. The molecule has 1 fully saturated rings. The normalized spacial score (nSPS) is 18.1. The van der Waals surface area contributed by atoms with Crippen LogP contribution in [0.4, 0.5) is 4.79 Å². The number of methoxy groups -OCH3 is 1. The van der Waals surface area contributed by atoms with Crippen molar-refractivity contribution in [1.29, 1.82) is 0 Å². The number of ether oxygens (including phenoxy) is 2. The van der Waals surface area contributed by atoms with Gasteiger partial charge in [-0.2, -0.15) is 0 Å². The molecule has 1 N–H and O–H groups in total. The average Bonchev–Trinajstić information content (AvgIpc) is 3.23. The Morgan fingerprint density at radius 1 is 1.22 bits per heavy atom. The van der Waals surface area contributed by atoms with E-state index in [1.165, 1.54) is 7.11 Å². The number of hydrogen-bond acceptors (Lipinski definition) is 7. The molecule has 36 heavy (non-hydrogen) atoms. The number of nitrogens with zero attached hydrogens (tertiary/aromatic N) is 2. The van der Waals surface area contributed by atoms with Crippen LogP contribution in [-0.2, 0) is 26.2 Å². The van der Waals surface area contributed by atoms with Crippen LogP contribution in [0.5, 0.6) is 5.88 Å². The highest BCUT2D eigenvalue weighted by molar-refractivity contribution is 6.74. The first-order valence-corrected chi connectivity index (χ1v) is 15.2. The molecule has 2 atom stereocenters. The van der Waals surface area contributed by atoms with E-state index in [9.17, 15) is 14.7 Å². The van der Waals surface area contributed by atoms with Crippen molar-refractivity contribution >= 4 is 20.3 Å². The van der Waals surface area contributed by atoms with Crippen molar-refractivity contribution in [1.82, 2.24) is 9.88 Å². The van der Waals surface area contributed by atoms with Crippen LogP contribution in [0.1, 0.15) is 63.3 Å². The smallest absolute Gasteiger partial charge is 0.417 e. The van der Waals surface area contributed by atoms with Crippen molar-refractivity contribution in [2.75, 3.05) is 13.7 Å². The van der Waals surface area contributed by atoms with Gasteiger partial charge >= 0.3 is 6.09 Å². The molecule has 1 unspecified atom stereocenters. The van der Waals surface area contributed by atoms with E-state index in [2.05, 4.69) is 38.8 Å². The summed E-state index contributed by atoms with van der Waals surface area (Å²) in [6.45, 7) is 12.8. The molecule has 9 heteroatoms. The highest BCUT2D eigenvalue weighted by Crippen LogP contribution is 2.40. The van der Waals surface area contributed by atoms with E-state index in [1.807, 2.05) is 30.3 Å². The molecule has 1 aromatic heterocycles. The SMILES string of the molecule is CC[C@](O)(CC(=O)N1C(=O)OCC1c1ccccc1)c1ccnc(OC)c1CO[Si](C)(C)C(C)(C)C. The van der Waals surface area contributed by atoms with Crippen LogP contribution in [0.2, 0.25) is 18.1 Å². The number of rotatable bonds is 9. The summed E-state index contributed by atoms with van der Waals surface area (Å²) in [6.07, 6.45) is 0.771. The summed E-state index contributed by atoms with van der Waals surface area (Å²) in [4.78, 5) is 31.5. The number of pyridine rings is 1. The van der Waals surface area contributed by atoms with Crippen molar-refractivity contribution in [2.24, 2.45) is 0 Å². The Morgan fingerprint density at radius 2 is 1.89 bits per heavy atom. The summed E-state index contributed by atoms with van der Waals surface area (Å²) in [5.74, 6) is -0.170. The zero-order valence-corrected chi connectivity index (χ0v) is 23.3. The fourth-order valence-corrected chi connectivity index (χ4v) is 5.00. The molecule has 0 saturated carbocycles. The van der Waals surface area contributed by atoms with Crippen LogP contribution >= 0.6 is 0 Å². The number of imide groups is 1. The minimum absolute atomic E-state index is 0.0117. The number of carbonyl (C=O) groups is 2. The Labute approximate surface area is 214 Å². The molecule has 0 aliphatic carbocycles. The number of aromatic nitrogens is 1. The number of aliphatic hydroxyl groups is 1. The predicted molar refractivity (Wildman–Crippen MR) is 139 cm³/mol. The molecule has 1 aliphatic heterocycles. The molecule has 8 nitrogen and oxygen atoms in total. The fourth-order valence-electron chi connectivity index (χ4n) is 4.06. The number of carbonyl (C=O) groups excluding carboxylic acids is 2. The zero-order valence-electron chi connectivity index (χ0n) is 22.3. The quantitative estimate of drug-likeness (QED) is 0.452. The summed E-state index contributed by atoms with van der Waals surface area (Å²) in [6, 6.07) is 10.4. The summed E-state index contributed by atoms with van der Waals surface area (Å²) in [7, 11) is -0.609. The molecule has 0 bridgehead atoms. The Hall–Kier alpha value is -2.75. The maximum Gasteiger partial charge on any atom is 0.417 e. The molecule has 3 rings (SSSR count). The Bertz CT molecular complexity index is 1090. The van der Waals surface area contributed by atoms with Gasteiger partial charge in [0.1, 0.15) is 12.6 Å². The highest BCUT2D eigenvalue weighted by atomic mass is 28.4. The average molecular weight is 515 g/mol. The highest BCUT2D eigenvalue weighted by Gasteiger charge is 2.44. The van der Waals surface area contributed by atoms with Gasteiger partial charge in [0.05, 0.1) is 25.7 Å². The predicted octanol–water partition coefficient (Wildman–Crippen LogP) is 5.32. The van der Waals surface area contributed by atoms with E-state index in [0.717, 1.165) is 10.5 Å². The molecule has 196 valence electrons. The minimum atomic E-state index is -2.13. The van der Waals surface area contributed by atoms with Crippen molar-refractivity contribution < 1.29 is 28.6 Å². The molecule has 2 amide bonds. The first kappa shape index (κ1) is 27.8. The summed E-state index contributed by atoms with van der Waals surface area (Å²) in [5.41, 5.74) is 0.341. The second-order valence-electron chi connectivity index (χ2n) is 10.7. The van der Waals surface area contributed by atoms with E-state index in [4.69, 9.17) is 13.9 Å². The first-order valence-electron chi connectivity index (χ1n) is 12.3. The number of cyclic esters (lactones) is 1. The standard InChI is InChI=1S/C27H38N2O6Si/c1-8-27(32,16-23(30)29-22(18-34-25(29)31)19-12-10-9-11-13-19)21-14-15-28-24(33-5)20(21)17-35-36(6,7)26(2,3)4/h9-15,22,32H,8,16-18H2,1-7H3/t22?,27-/m0/s1.